The number of sulfonamides is 1. The average molecular weight is 257 g/mol. The fraction of sp³-hybridized carbons (Fsp3) is 0.500. The first-order chi connectivity index (χ1) is 7.86. The van der Waals surface area contributed by atoms with Crippen LogP contribution in [0.1, 0.15) is 18.1 Å². The lowest BCUT2D eigenvalue weighted by molar-refractivity contribution is 0.180. The number of methoxy groups -OCH3 is 1. The first-order valence-electron chi connectivity index (χ1n) is 5.45. The molecule has 1 aromatic carbocycles. The van der Waals surface area contributed by atoms with Crippen LogP contribution in [0.3, 0.4) is 0 Å². The second kappa shape index (κ2) is 5.62. The third-order valence-corrected chi connectivity index (χ3v) is 4.14. The molecule has 5 heteroatoms. The van der Waals surface area contributed by atoms with E-state index in [4.69, 9.17) is 4.74 Å². The van der Waals surface area contributed by atoms with E-state index in [-0.39, 0.29) is 6.04 Å². The Morgan fingerprint density at radius 1 is 1.35 bits per heavy atom. The fourth-order valence-electron chi connectivity index (χ4n) is 1.61. The molecule has 0 saturated carbocycles. The van der Waals surface area contributed by atoms with Crippen LogP contribution in [0.25, 0.3) is 0 Å². The maximum absolute atomic E-state index is 12.1. The number of hydrogen-bond donors (Lipinski definition) is 1. The summed E-state index contributed by atoms with van der Waals surface area (Å²) < 4.78 is 31.7. The molecule has 0 amide bonds. The van der Waals surface area contributed by atoms with E-state index in [1.807, 2.05) is 19.1 Å². The van der Waals surface area contributed by atoms with E-state index in [2.05, 4.69) is 4.72 Å². The zero-order valence-corrected chi connectivity index (χ0v) is 11.5. The van der Waals surface area contributed by atoms with E-state index >= 15 is 0 Å². The average Bonchev–Trinajstić information content (AvgIpc) is 2.21. The van der Waals surface area contributed by atoms with Crippen LogP contribution in [-0.4, -0.2) is 28.2 Å². The van der Waals surface area contributed by atoms with Crippen LogP contribution in [0.15, 0.2) is 23.1 Å². The number of hydrogen-bond acceptors (Lipinski definition) is 3. The summed E-state index contributed by atoms with van der Waals surface area (Å²) in [6.07, 6.45) is 0. The minimum atomic E-state index is -3.46. The van der Waals surface area contributed by atoms with Crippen molar-refractivity contribution in [3.8, 4) is 0 Å². The van der Waals surface area contributed by atoms with Gasteiger partial charge in [-0.15, -0.1) is 0 Å². The van der Waals surface area contributed by atoms with Crippen LogP contribution in [0.5, 0.6) is 0 Å². The molecule has 1 N–H and O–H groups in total. The smallest absolute Gasteiger partial charge is 0.241 e. The van der Waals surface area contributed by atoms with E-state index < -0.39 is 10.0 Å². The lowest BCUT2D eigenvalue weighted by Gasteiger charge is -2.15. The van der Waals surface area contributed by atoms with Gasteiger partial charge in [-0.1, -0.05) is 12.1 Å². The maximum atomic E-state index is 12.1. The van der Waals surface area contributed by atoms with Gasteiger partial charge in [-0.2, -0.15) is 0 Å². The molecule has 0 fully saturated rings. The molecule has 0 aliphatic rings. The summed E-state index contributed by atoms with van der Waals surface area (Å²) in [6.45, 7) is 5.78. The molecule has 96 valence electrons. The summed E-state index contributed by atoms with van der Waals surface area (Å²) in [4.78, 5) is 0.334. The molecule has 0 aromatic heterocycles. The molecule has 0 radical (unpaired) electrons. The van der Waals surface area contributed by atoms with Gasteiger partial charge in [0.1, 0.15) is 0 Å². The van der Waals surface area contributed by atoms with E-state index in [1.165, 1.54) is 0 Å². The fourth-order valence-corrected chi connectivity index (χ4v) is 3.17. The summed E-state index contributed by atoms with van der Waals surface area (Å²) >= 11 is 0. The molecular weight excluding hydrogens is 238 g/mol. The normalized spacial score (nSPS) is 13.6. The number of nitrogens with one attached hydrogen (secondary N) is 1. The van der Waals surface area contributed by atoms with E-state index in [0.29, 0.717) is 11.5 Å². The topological polar surface area (TPSA) is 55.4 Å². The van der Waals surface area contributed by atoms with Crippen LogP contribution in [0.4, 0.5) is 0 Å². The molecule has 1 atom stereocenters. The van der Waals surface area contributed by atoms with Crippen molar-refractivity contribution < 1.29 is 13.2 Å². The summed E-state index contributed by atoms with van der Waals surface area (Å²) in [5.74, 6) is 0. The maximum Gasteiger partial charge on any atom is 0.241 e. The largest absolute Gasteiger partial charge is 0.383 e. The number of aryl methyl sites for hydroxylation is 2. The van der Waals surface area contributed by atoms with Crippen molar-refractivity contribution in [3.63, 3.8) is 0 Å². The Labute approximate surface area is 103 Å². The molecule has 17 heavy (non-hydrogen) atoms. The highest BCUT2D eigenvalue weighted by atomic mass is 32.2. The highest BCUT2D eigenvalue weighted by Crippen LogP contribution is 2.16. The summed E-state index contributed by atoms with van der Waals surface area (Å²) in [5.41, 5.74) is 1.67. The lowest BCUT2D eigenvalue weighted by atomic mass is 10.2. The van der Waals surface area contributed by atoms with Crippen molar-refractivity contribution in [2.24, 2.45) is 0 Å². The quantitative estimate of drug-likeness (QED) is 0.872. The molecule has 0 aliphatic carbocycles. The van der Waals surface area contributed by atoms with Crippen molar-refractivity contribution in [1.29, 1.82) is 0 Å². The monoisotopic (exact) mass is 257 g/mol. The van der Waals surface area contributed by atoms with Gasteiger partial charge < -0.3 is 4.74 Å². The van der Waals surface area contributed by atoms with Gasteiger partial charge in [0.25, 0.3) is 0 Å². The lowest BCUT2D eigenvalue weighted by Crippen LogP contribution is -2.35. The molecular formula is C12H19NO3S. The Hall–Kier alpha value is -0.910. The molecule has 0 heterocycles. The zero-order chi connectivity index (χ0) is 13.1. The van der Waals surface area contributed by atoms with Gasteiger partial charge in [-0.25, -0.2) is 13.1 Å². The molecule has 0 saturated heterocycles. The van der Waals surface area contributed by atoms with E-state index in [1.54, 1.807) is 27.0 Å². The van der Waals surface area contributed by atoms with Gasteiger partial charge in [0.05, 0.1) is 11.5 Å². The van der Waals surface area contributed by atoms with Crippen molar-refractivity contribution in [2.75, 3.05) is 13.7 Å². The van der Waals surface area contributed by atoms with E-state index in [0.717, 1.165) is 11.1 Å². The highest BCUT2D eigenvalue weighted by molar-refractivity contribution is 7.89. The Kier molecular flexibility index (Phi) is 4.68. The van der Waals surface area contributed by atoms with Crippen LogP contribution < -0.4 is 4.72 Å². The number of benzene rings is 1. The number of ether oxygens (including phenoxy) is 1. The molecule has 0 bridgehead atoms. The van der Waals surface area contributed by atoms with Crippen molar-refractivity contribution in [3.05, 3.63) is 29.3 Å². The zero-order valence-electron chi connectivity index (χ0n) is 10.6. The molecule has 0 aliphatic heterocycles. The minimum absolute atomic E-state index is 0.245. The Morgan fingerprint density at radius 2 is 2.00 bits per heavy atom. The number of rotatable bonds is 5. The van der Waals surface area contributed by atoms with Crippen molar-refractivity contribution in [1.82, 2.24) is 4.72 Å². The van der Waals surface area contributed by atoms with Crippen LogP contribution >= 0.6 is 0 Å². The van der Waals surface area contributed by atoms with Gasteiger partial charge in [0, 0.05) is 13.2 Å². The summed E-state index contributed by atoms with van der Waals surface area (Å²) in [5, 5.41) is 0. The van der Waals surface area contributed by atoms with Crippen molar-refractivity contribution in [2.45, 2.75) is 31.7 Å². The van der Waals surface area contributed by atoms with Gasteiger partial charge in [0.15, 0.2) is 0 Å². The standard InChI is InChI=1S/C12H19NO3S/c1-9-5-6-10(2)12(7-9)17(14,15)13-11(3)8-16-4/h5-7,11,13H,8H2,1-4H3. The third kappa shape index (κ3) is 3.80. The summed E-state index contributed by atoms with van der Waals surface area (Å²) in [6, 6.07) is 5.14. The second-order valence-electron chi connectivity index (χ2n) is 4.25. The first-order valence-corrected chi connectivity index (χ1v) is 6.93. The van der Waals surface area contributed by atoms with Crippen LogP contribution in [0, 0.1) is 13.8 Å². The second-order valence-corrected chi connectivity index (χ2v) is 5.93. The predicted molar refractivity (Wildman–Crippen MR) is 67.6 cm³/mol. The molecule has 1 aromatic rings. The van der Waals surface area contributed by atoms with Gasteiger partial charge in [-0.3, -0.25) is 0 Å². The third-order valence-electron chi connectivity index (χ3n) is 2.41. The van der Waals surface area contributed by atoms with Crippen LogP contribution in [0.2, 0.25) is 0 Å². The Balaban J connectivity index is 3.01. The molecule has 1 rings (SSSR count). The predicted octanol–water partition coefficient (Wildman–Crippen LogP) is 1.62. The highest BCUT2D eigenvalue weighted by Gasteiger charge is 2.19. The summed E-state index contributed by atoms with van der Waals surface area (Å²) in [7, 11) is -1.92. The van der Waals surface area contributed by atoms with Crippen LogP contribution in [-0.2, 0) is 14.8 Å². The molecule has 4 nitrogen and oxygen atoms in total. The first kappa shape index (κ1) is 14.2. The SMILES string of the molecule is COCC(C)NS(=O)(=O)c1cc(C)ccc1C. The van der Waals surface area contributed by atoms with Gasteiger partial charge >= 0.3 is 0 Å². The molecule has 1 unspecified atom stereocenters. The Morgan fingerprint density at radius 3 is 2.59 bits per heavy atom. The van der Waals surface area contributed by atoms with Gasteiger partial charge in [0.2, 0.25) is 10.0 Å². The Bertz CT molecular complexity index is 483. The molecule has 0 spiro atoms. The minimum Gasteiger partial charge on any atom is -0.383 e. The van der Waals surface area contributed by atoms with Crippen molar-refractivity contribution >= 4 is 10.0 Å². The van der Waals surface area contributed by atoms with E-state index in [9.17, 15) is 8.42 Å². The van der Waals surface area contributed by atoms with Gasteiger partial charge in [-0.05, 0) is 38.0 Å².